The summed E-state index contributed by atoms with van der Waals surface area (Å²) in [6, 6.07) is 0.539. The van der Waals surface area contributed by atoms with Crippen molar-refractivity contribution in [2.75, 3.05) is 5.73 Å². The predicted molar refractivity (Wildman–Crippen MR) is 60.8 cm³/mol. The Balaban J connectivity index is 2.34. The van der Waals surface area contributed by atoms with Gasteiger partial charge in [-0.2, -0.15) is 0 Å². The average Bonchev–Trinajstić information content (AvgIpc) is 2.43. The second-order valence-electron chi connectivity index (χ2n) is 4.11. The molecule has 1 fully saturated rings. The Labute approximate surface area is 89.5 Å². The lowest BCUT2D eigenvalue weighted by Crippen LogP contribution is -2.15. The van der Waals surface area contributed by atoms with Gasteiger partial charge in [-0.25, -0.2) is 0 Å². The maximum Gasteiger partial charge on any atom is 0.181 e. The number of nitrogens with two attached hydrogens (primary N) is 1. The van der Waals surface area contributed by atoms with Crippen LogP contribution in [0.5, 0.6) is 0 Å². The molecule has 4 heteroatoms. The Morgan fingerprint density at radius 1 is 1.36 bits per heavy atom. The van der Waals surface area contributed by atoms with E-state index in [-0.39, 0.29) is 0 Å². The van der Waals surface area contributed by atoms with E-state index in [9.17, 15) is 0 Å². The fourth-order valence-corrected chi connectivity index (χ4v) is 2.61. The maximum absolute atomic E-state index is 5.95. The number of hydrogen-bond acceptors (Lipinski definition) is 2. The van der Waals surface area contributed by atoms with Crippen molar-refractivity contribution in [3.63, 3.8) is 0 Å². The molecule has 0 amide bonds. The standard InChI is InChI=1S/C10H17N3S/c1-12-7-9(11)13(10(12)14)8-5-3-2-4-6-8/h7-8H,2-6,11H2,1H3. The number of imidazole rings is 1. The van der Waals surface area contributed by atoms with Gasteiger partial charge in [0.2, 0.25) is 0 Å². The van der Waals surface area contributed by atoms with E-state index in [4.69, 9.17) is 18.0 Å². The highest BCUT2D eigenvalue weighted by molar-refractivity contribution is 7.71. The summed E-state index contributed by atoms with van der Waals surface area (Å²) in [4.78, 5) is 0. The largest absolute Gasteiger partial charge is 0.384 e. The van der Waals surface area contributed by atoms with Gasteiger partial charge in [-0.3, -0.25) is 0 Å². The van der Waals surface area contributed by atoms with Crippen molar-refractivity contribution in [2.24, 2.45) is 7.05 Å². The van der Waals surface area contributed by atoms with Crippen LogP contribution in [0.4, 0.5) is 5.82 Å². The van der Waals surface area contributed by atoms with Gasteiger partial charge >= 0.3 is 0 Å². The van der Waals surface area contributed by atoms with Crippen LogP contribution in [0.15, 0.2) is 6.20 Å². The lowest BCUT2D eigenvalue weighted by Gasteiger charge is -2.23. The van der Waals surface area contributed by atoms with Crippen LogP contribution >= 0.6 is 12.2 Å². The molecule has 1 saturated carbocycles. The average molecular weight is 211 g/mol. The summed E-state index contributed by atoms with van der Waals surface area (Å²) in [6.07, 6.45) is 8.33. The zero-order chi connectivity index (χ0) is 10.1. The third-order valence-electron chi connectivity index (χ3n) is 3.05. The van der Waals surface area contributed by atoms with Crippen molar-refractivity contribution < 1.29 is 0 Å². The summed E-state index contributed by atoms with van der Waals surface area (Å²) in [5, 5.41) is 0. The normalized spacial score (nSPS) is 18.6. The Kier molecular flexibility index (Phi) is 2.63. The van der Waals surface area contributed by atoms with Crippen molar-refractivity contribution in [1.29, 1.82) is 0 Å². The van der Waals surface area contributed by atoms with Gasteiger partial charge in [0, 0.05) is 19.3 Å². The molecule has 3 nitrogen and oxygen atoms in total. The first kappa shape index (κ1) is 9.77. The first-order valence-electron chi connectivity index (χ1n) is 5.23. The number of aromatic nitrogens is 2. The second-order valence-corrected chi connectivity index (χ2v) is 4.47. The minimum Gasteiger partial charge on any atom is -0.384 e. The van der Waals surface area contributed by atoms with E-state index < -0.39 is 0 Å². The maximum atomic E-state index is 5.95. The molecular weight excluding hydrogens is 194 g/mol. The van der Waals surface area contributed by atoms with Gasteiger partial charge in [-0.05, 0) is 25.1 Å². The molecule has 0 spiro atoms. The second kappa shape index (κ2) is 3.77. The van der Waals surface area contributed by atoms with Gasteiger partial charge in [0.25, 0.3) is 0 Å². The summed E-state index contributed by atoms with van der Waals surface area (Å²) >= 11 is 5.34. The third kappa shape index (κ3) is 1.59. The van der Waals surface area contributed by atoms with Crippen LogP contribution < -0.4 is 5.73 Å². The van der Waals surface area contributed by atoms with Crippen molar-refractivity contribution in [2.45, 2.75) is 38.1 Å². The number of nitrogen functional groups attached to an aromatic ring is 1. The van der Waals surface area contributed by atoms with Gasteiger partial charge < -0.3 is 14.9 Å². The van der Waals surface area contributed by atoms with Crippen LogP contribution in [-0.4, -0.2) is 9.13 Å². The van der Waals surface area contributed by atoms with Crippen LogP contribution in [0.3, 0.4) is 0 Å². The van der Waals surface area contributed by atoms with E-state index >= 15 is 0 Å². The van der Waals surface area contributed by atoms with Gasteiger partial charge in [0.05, 0.1) is 0 Å². The Hall–Kier alpha value is -0.770. The molecule has 1 heterocycles. The number of nitrogens with zero attached hydrogens (tertiary/aromatic N) is 2. The highest BCUT2D eigenvalue weighted by Gasteiger charge is 2.18. The van der Waals surface area contributed by atoms with Crippen molar-refractivity contribution in [1.82, 2.24) is 9.13 Å². The van der Waals surface area contributed by atoms with Gasteiger partial charge in [0.15, 0.2) is 4.77 Å². The minimum atomic E-state index is 0.539. The molecule has 0 unspecified atom stereocenters. The lowest BCUT2D eigenvalue weighted by atomic mass is 9.95. The molecule has 2 rings (SSSR count). The van der Waals surface area contributed by atoms with E-state index in [1.54, 1.807) is 0 Å². The Morgan fingerprint density at radius 3 is 2.50 bits per heavy atom. The molecule has 0 saturated heterocycles. The van der Waals surface area contributed by atoms with Gasteiger partial charge in [0.1, 0.15) is 5.82 Å². The molecule has 1 aliphatic carbocycles. The molecule has 78 valence electrons. The molecule has 0 bridgehead atoms. The SMILES string of the molecule is Cn1cc(N)n(C2CCCCC2)c1=S. The smallest absolute Gasteiger partial charge is 0.181 e. The number of hydrogen-bond donors (Lipinski definition) is 1. The molecule has 2 N–H and O–H groups in total. The van der Waals surface area contributed by atoms with E-state index in [2.05, 4.69) is 4.57 Å². The third-order valence-corrected chi connectivity index (χ3v) is 3.54. The van der Waals surface area contributed by atoms with Crippen molar-refractivity contribution in [3.05, 3.63) is 11.0 Å². The first-order valence-corrected chi connectivity index (χ1v) is 5.64. The van der Waals surface area contributed by atoms with Crippen LogP contribution in [0.1, 0.15) is 38.1 Å². The Bertz CT molecular complexity index is 371. The van der Waals surface area contributed by atoms with Crippen LogP contribution in [0, 0.1) is 4.77 Å². The van der Waals surface area contributed by atoms with E-state index in [0.717, 1.165) is 10.6 Å². The molecule has 1 aliphatic rings. The zero-order valence-electron chi connectivity index (χ0n) is 8.57. The molecule has 0 aromatic carbocycles. The number of anilines is 1. The summed E-state index contributed by atoms with van der Waals surface area (Å²) < 4.78 is 4.91. The summed E-state index contributed by atoms with van der Waals surface area (Å²) in [7, 11) is 1.96. The highest BCUT2D eigenvalue weighted by Crippen LogP contribution is 2.30. The highest BCUT2D eigenvalue weighted by atomic mass is 32.1. The zero-order valence-corrected chi connectivity index (χ0v) is 9.39. The van der Waals surface area contributed by atoms with Gasteiger partial charge in [-0.15, -0.1) is 0 Å². The minimum absolute atomic E-state index is 0.539. The van der Waals surface area contributed by atoms with E-state index in [0.29, 0.717) is 6.04 Å². The topological polar surface area (TPSA) is 35.9 Å². The molecule has 1 aromatic heterocycles. The molecule has 1 aromatic rings. The first-order chi connectivity index (χ1) is 6.70. The fourth-order valence-electron chi connectivity index (χ4n) is 2.30. The Morgan fingerprint density at radius 2 is 2.00 bits per heavy atom. The monoisotopic (exact) mass is 211 g/mol. The predicted octanol–water partition coefficient (Wildman–Crippen LogP) is 2.64. The van der Waals surface area contributed by atoms with E-state index in [1.165, 1.54) is 32.1 Å². The van der Waals surface area contributed by atoms with Crippen LogP contribution in [0.2, 0.25) is 0 Å². The summed E-state index contributed by atoms with van der Waals surface area (Å²) in [6.45, 7) is 0. The number of aryl methyl sites for hydroxylation is 1. The summed E-state index contributed by atoms with van der Waals surface area (Å²) in [5.74, 6) is 0.810. The quantitative estimate of drug-likeness (QED) is 0.725. The summed E-state index contributed by atoms with van der Waals surface area (Å²) in [5.41, 5.74) is 5.95. The molecule has 0 radical (unpaired) electrons. The van der Waals surface area contributed by atoms with E-state index in [1.807, 2.05) is 17.8 Å². The van der Waals surface area contributed by atoms with Crippen LogP contribution in [-0.2, 0) is 7.05 Å². The molecular formula is C10H17N3S. The fraction of sp³-hybridized carbons (Fsp3) is 0.700. The lowest BCUT2D eigenvalue weighted by molar-refractivity contribution is 0.352. The van der Waals surface area contributed by atoms with Crippen LogP contribution in [0.25, 0.3) is 0 Å². The number of rotatable bonds is 1. The van der Waals surface area contributed by atoms with Crippen molar-refractivity contribution in [3.8, 4) is 0 Å². The van der Waals surface area contributed by atoms with Gasteiger partial charge in [-0.1, -0.05) is 19.3 Å². The molecule has 0 atom stereocenters. The molecule has 0 aliphatic heterocycles. The van der Waals surface area contributed by atoms with Crippen molar-refractivity contribution >= 4 is 18.0 Å². The molecule has 14 heavy (non-hydrogen) atoms.